The van der Waals surface area contributed by atoms with Gasteiger partial charge in [0.15, 0.2) is 6.61 Å². The number of ether oxygens (including phenoxy) is 1. The lowest BCUT2D eigenvalue weighted by molar-refractivity contribution is -0.148. The summed E-state index contributed by atoms with van der Waals surface area (Å²) in [7, 11) is 0. The SMILES string of the molecule is CC(=O)N[C@H](CC(=O)OCC(=O)N1c2ccccc2NC(=O)C[C@H]1C)c1ccccc1. The van der Waals surface area contributed by atoms with Crippen LogP contribution in [0.2, 0.25) is 0 Å². The lowest BCUT2D eigenvalue weighted by Crippen LogP contribution is -2.41. The summed E-state index contributed by atoms with van der Waals surface area (Å²) in [5, 5.41) is 5.51. The van der Waals surface area contributed by atoms with E-state index in [0.29, 0.717) is 11.4 Å². The Morgan fingerprint density at radius 1 is 1.13 bits per heavy atom. The van der Waals surface area contributed by atoms with Gasteiger partial charge < -0.3 is 20.3 Å². The van der Waals surface area contributed by atoms with Crippen molar-refractivity contribution in [3.63, 3.8) is 0 Å². The molecule has 8 nitrogen and oxygen atoms in total. The van der Waals surface area contributed by atoms with Gasteiger partial charge in [0.25, 0.3) is 5.91 Å². The van der Waals surface area contributed by atoms with Gasteiger partial charge in [-0.25, -0.2) is 0 Å². The predicted molar refractivity (Wildman–Crippen MR) is 115 cm³/mol. The Kier molecular flexibility index (Phi) is 7.02. The van der Waals surface area contributed by atoms with Crippen molar-refractivity contribution < 1.29 is 23.9 Å². The van der Waals surface area contributed by atoms with Gasteiger partial charge in [-0.05, 0) is 24.6 Å². The van der Waals surface area contributed by atoms with Crippen LogP contribution in [-0.4, -0.2) is 36.3 Å². The fraction of sp³-hybridized carbons (Fsp3) is 0.304. The number of nitrogens with one attached hydrogen (secondary N) is 2. The van der Waals surface area contributed by atoms with Crippen LogP contribution in [0.25, 0.3) is 0 Å². The zero-order chi connectivity index (χ0) is 22.4. The maximum atomic E-state index is 12.9. The molecule has 1 aliphatic rings. The first-order chi connectivity index (χ1) is 14.8. The van der Waals surface area contributed by atoms with Crippen molar-refractivity contribution in [2.75, 3.05) is 16.8 Å². The number of amides is 3. The molecule has 2 atom stereocenters. The quantitative estimate of drug-likeness (QED) is 0.695. The standard InChI is InChI=1S/C23H25N3O5/c1-15-12-21(28)25-18-10-6-7-11-20(18)26(15)22(29)14-31-23(30)13-19(24-16(2)27)17-8-4-3-5-9-17/h3-11,15,19H,12-14H2,1-2H3,(H,24,27)(H,25,28)/t15-,19-/m1/s1. The highest BCUT2D eigenvalue weighted by Crippen LogP contribution is 2.31. The number of anilines is 2. The maximum Gasteiger partial charge on any atom is 0.308 e. The molecule has 31 heavy (non-hydrogen) atoms. The van der Waals surface area contributed by atoms with Crippen LogP contribution in [0.1, 0.15) is 38.3 Å². The molecule has 3 rings (SSSR count). The maximum absolute atomic E-state index is 12.9. The van der Waals surface area contributed by atoms with Crippen molar-refractivity contribution >= 4 is 35.1 Å². The van der Waals surface area contributed by atoms with E-state index < -0.39 is 30.6 Å². The van der Waals surface area contributed by atoms with E-state index in [0.717, 1.165) is 5.56 Å². The molecule has 1 heterocycles. The molecule has 3 amide bonds. The van der Waals surface area contributed by atoms with Gasteiger partial charge in [-0.2, -0.15) is 0 Å². The summed E-state index contributed by atoms with van der Waals surface area (Å²) in [4.78, 5) is 50.4. The van der Waals surface area contributed by atoms with Crippen LogP contribution in [0.4, 0.5) is 11.4 Å². The second-order valence-electron chi connectivity index (χ2n) is 7.41. The third kappa shape index (κ3) is 5.69. The molecule has 0 bridgehead atoms. The Hall–Kier alpha value is -3.68. The zero-order valence-electron chi connectivity index (χ0n) is 17.5. The van der Waals surface area contributed by atoms with Crippen molar-refractivity contribution in [1.82, 2.24) is 5.32 Å². The lowest BCUT2D eigenvalue weighted by atomic mass is 10.0. The number of hydrogen-bond donors (Lipinski definition) is 2. The minimum absolute atomic E-state index is 0.108. The number of benzene rings is 2. The Labute approximate surface area is 180 Å². The van der Waals surface area contributed by atoms with Crippen LogP contribution in [-0.2, 0) is 23.9 Å². The first-order valence-corrected chi connectivity index (χ1v) is 10.0. The first-order valence-electron chi connectivity index (χ1n) is 10.0. The average Bonchev–Trinajstić information content (AvgIpc) is 2.86. The molecule has 2 aromatic carbocycles. The van der Waals surface area contributed by atoms with Gasteiger partial charge in [-0.1, -0.05) is 42.5 Å². The highest BCUT2D eigenvalue weighted by atomic mass is 16.5. The van der Waals surface area contributed by atoms with E-state index in [4.69, 9.17) is 4.74 Å². The third-order valence-electron chi connectivity index (χ3n) is 4.93. The number of carbonyl (C=O) groups is 4. The van der Waals surface area contributed by atoms with Gasteiger partial charge in [0.1, 0.15) is 0 Å². The zero-order valence-corrected chi connectivity index (χ0v) is 17.5. The van der Waals surface area contributed by atoms with Crippen LogP contribution in [0.5, 0.6) is 0 Å². The van der Waals surface area contributed by atoms with Gasteiger partial charge in [0.05, 0.1) is 23.8 Å². The molecule has 0 radical (unpaired) electrons. The second kappa shape index (κ2) is 9.88. The summed E-state index contributed by atoms with van der Waals surface area (Å²) in [6.45, 7) is 2.68. The molecule has 0 aromatic heterocycles. The summed E-state index contributed by atoms with van der Waals surface area (Å²) >= 11 is 0. The normalized spacial score (nSPS) is 16.4. The summed E-state index contributed by atoms with van der Waals surface area (Å²) < 4.78 is 5.23. The van der Waals surface area contributed by atoms with E-state index in [1.165, 1.54) is 11.8 Å². The summed E-state index contributed by atoms with van der Waals surface area (Å²) in [6.07, 6.45) is 0.0238. The van der Waals surface area contributed by atoms with Crippen LogP contribution >= 0.6 is 0 Å². The Morgan fingerprint density at radius 2 is 1.81 bits per heavy atom. The van der Waals surface area contributed by atoms with Gasteiger partial charge in [0.2, 0.25) is 11.8 Å². The fourth-order valence-electron chi connectivity index (χ4n) is 3.59. The van der Waals surface area contributed by atoms with Gasteiger partial charge in [-0.15, -0.1) is 0 Å². The van der Waals surface area contributed by atoms with E-state index >= 15 is 0 Å². The molecular weight excluding hydrogens is 398 g/mol. The molecule has 1 aliphatic heterocycles. The molecule has 0 saturated carbocycles. The number of fused-ring (bicyclic) bond motifs is 1. The molecule has 162 valence electrons. The Bertz CT molecular complexity index is 976. The molecule has 8 heteroatoms. The van der Waals surface area contributed by atoms with Crippen molar-refractivity contribution in [3.05, 3.63) is 60.2 Å². The molecule has 2 N–H and O–H groups in total. The highest BCUT2D eigenvalue weighted by molar-refractivity contribution is 6.05. The van der Waals surface area contributed by atoms with E-state index in [-0.39, 0.29) is 24.7 Å². The molecule has 2 aromatic rings. The predicted octanol–water partition coefficient (Wildman–Crippen LogP) is 2.56. The molecule has 0 unspecified atom stereocenters. The molecule has 0 saturated heterocycles. The van der Waals surface area contributed by atoms with Crippen LogP contribution in [0, 0.1) is 0 Å². The van der Waals surface area contributed by atoms with Crippen LogP contribution < -0.4 is 15.5 Å². The van der Waals surface area contributed by atoms with E-state index in [2.05, 4.69) is 10.6 Å². The lowest BCUT2D eigenvalue weighted by Gasteiger charge is -2.27. The number of nitrogens with zero attached hydrogens (tertiary/aromatic N) is 1. The number of esters is 1. The summed E-state index contributed by atoms with van der Waals surface area (Å²) in [5.41, 5.74) is 1.86. The fourth-order valence-corrected chi connectivity index (χ4v) is 3.59. The number of para-hydroxylation sites is 2. The number of hydrogen-bond acceptors (Lipinski definition) is 5. The number of carbonyl (C=O) groups excluding carboxylic acids is 4. The highest BCUT2D eigenvalue weighted by Gasteiger charge is 2.30. The van der Waals surface area contributed by atoms with Crippen LogP contribution in [0.15, 0.2) is 54.6 Å². The van der Waals surface area contributed by atoms with E-state index in [1.807, 2.05) is 18.2 Å². The summed E-state index contributed by atoms with van der Waals surface area (Å²) in [6, 6.07) is 15.1. The Morgan fingerprint density at radius 3 is 2.52 bits per heavy atom. The largest absolute Gasteiger partial charge is 0.455 e. The van der Waals surface area contributed by atoms with Gasteiger partial charge in [-0.3, -0.25) is 19.2 Å². The first kappa shape index (κ1) is 22.0. The van der Waals surface area contributed by atoms with Crippen molar-refractivity contribution in [2.45, 2.75) is 38.8 Å². The summed E-state index contributed by atoms with van der Waals surface area (Å²) in [5.74, 6) is -1.50. The Balaban J connectivity index is 1.67. The number of rotatable bonds is 6. The molecule has 0 fully saturated rings. The minimum Gasteiger partial charge on any atom is -0.455 e. The molecule has 0 spiro atoms. The smallest absolute Gasteiger partial charge is 0.308 e. The minimum atomic E-state index is -0.610. The van der Waals surface area contributed by atoms with Gasteiger partial charge >= 0.3 is 5.97 Å². The van der Waals surface area contributed by atoms with Crippen molar-refractivity contribution in [3.8, 4) is 0 Å². The van der Waals surface area contributed by atoms with Crippen LogP contribution in [0.3, 0.4) is 0 Å². The van der Waals surface area contributed by atoms with Gasteiger partial charge in [0, 0.05) is 19.4 Å². The monoisotopic (exact) mass is 423 g/mol. The average molecular weight is 423 g/mol. The second-order valence-corrected chi connectivity index (χ2v) is 7.41. The van der Waals surface area contributed by atoms with E-state index in [1.54, 1.807) is 43.3 Å². The van der Waals surface area contributed by atoms with Crippen molar-refractivity contribution in [1.29, 1.82) is 0 Å². The topological polar surface area (TPSA) is 105 Å². The van der Waals surface area contributed by atoms with Crippen molar-refractivity contribution in [2.24, 2.45) is 0 Å². The van der Waals surface area contributed by atoms with E-state index in [9.17, 15) is 19.2 Å². The third-order valence-corrected chi connectivity index (χ3v) is 4.93. The molecule has 0 aliphatic carbocycles. The molecular formula is C23H25N3O5.